The molecule has 0 saturated carbocycles. The highest BCUT2D eigenvalue weighted by molar-refractivity contribution is 7.89. The van der Waals surface area contributed by atoms with E-state index in [0.29, 0.717) is 38.3 Å². The van der Waals surface area contributed by atoms with Crippen LogP contribution in [0.5, 0.6) is 0 Å². The van der Waals surface area contributed by atoms with Crippen LogP contribution in [0.15, 0.2) is 23.1 Å². The maximum absolute atomic E-state index is 12.8. The van der Waals surface area contributed by atoms with Crippen molar-refractivity contribution in [1.82, 2.24) is 9.21 Å². The molecule has 2 aliphatic heterocycles. The maximum atomic E-state index is 12.8. The highest BCUT2D eigenvalue weighted by Gasteiger charge is 2.29. The molecule has 1 amide bonds. The van der Waals surface area contributed by atoms with Crippen molar-refractivity contribution < 1.29 is 17.9 Å². The molecule has 7 heteroatoms. The number of morpholine rings is 1. The molecule has 0 aromatic heterocycles. The van der Waals surface area contributed by atoms with Gasteiger partial charge >= 0.3 is 0 Å². The van der Waals surface area contributed by atoms with Crippen molar-refractivity contribution in [3.63, 3.8) is 0 Å². The van der Waals surface area contributed by atoms with Gasteiger partial charge in [-0.2, -0.15) is 4.31 Å². The summed E-state index contributed by atoms with van der Waals surface area (Å²) < 4.78 is 32.4. The molecule has 1 atom stereocenters. The highest BCUT2D eigenvalue weighted by Crippen LogP contribution is 2.24. The second kappa shape index (κ2) is 6.82. The van der Waals surface area contributed by atoms with E-state index in [4.69, 9.17) is 4.74 Å². The Morgan fingerprint density at radius 2 is 1.92 bits per heavy atom. The van der Waals surface area contributed by atoms with E-state index in [0.717, 1.165) is 18.4 Å². The molecule has 24 heavy (non-hydrogen) atoms. The van der Waals surface area contributed by atoms with Crippen LogP contribution in [0.4, 0.5) is 0 Å². The van der Waals surface area contributed by atoms with Crippen LogP contribution < -0.4 is 0 Å². The molecule has 3 rings (SSSR count). The van der Waals surface area contributed by atoms with Crippen LogP contribution in [0, 0.1) is 6.92 Å². The van der Waals surface area contributed by atoms with Gasteiger partial charge < -0.3 is 9.64 Å². The summed E-state index contributed by atoms with van der Waals surface area (Å²) in [6.07, 6.45) is 1.78. The normalized spacial score (nSPS) is 22.8. The van der Waals surface area contributed by atoms with Crippen LogP contribution in [0.3, 0.4) is 0 Å². The van der Waals surface area contributed by atoms with Gasteiger partial charge in [-0.05, 0) is 44.4 Å². The molecule has 1 aromatic carbocycles. The number of ether oxygens (including phenoxy) is 1. The van der Waals surface area contributed by atoms with E-state index in [2.05, 4.69) is 0 Å². The van der Waals surface area contributed by atoms with Gasteiger partial charge in [0.15, 0.2) is 0 Å². The first-order valence-electron chi connectivity index (χ1n) is 8.41. The second-order valence-corrected chi connectivity index (χ2v) is 8.46. The third kappa shape index (κ3) is 3.34. The molecule has 0 aliphatic carbocycles. The van der Waals surface area contributed by atoms with E-state index in [9.17, 15) is 13.2 Å². The van der Waals surface area contributed by atoms with Crippen LogP contribution in [-0.2, 0) is 14.8 Å². The standard InChI is InChI=1S/C17H24N2O4S/c1-13-5-6-15(24(21,22)19-7-3-4-8-19)11-16(13)17(20)18-9-10-23-14(2)12-18/h5-6,11,14H,3-4,7-10,12H2,1-2H3. The lowest BCUT2D eigenvalue weighted by Gasteiger charge is -2.31. The lowest BCUT2D eigenvalue weighted by atomic mass is 10.1. The zero-order valence-electron chi connectivity index (χ0n) is 14.2. The molecule has 0 N–H and O–H groups in total. The molecule has 2 aliphatic rings. The summed E-state index contributed by atoms with van der Waals surface area (Å²) in [6.45, 7) is 6.45. The van der Waals surface area contributed by atoms with Crippen LogP contribution in [-0.4, -0.2) is 62.4 Å². The first kappa shape index (κ1) is 17.4. The number of hydrogen-bond donors (Lipinski definition) is 0. The van der Waals surface area contributed by atoms with Crippen molar-refractivity contribution in [2.75, 3.05) is 32.8 Å². The monoisotopic (exact) mass is 352 g/mol. The topological polar surface area (TPSA) is 66.9 Å². The Bertz CT molecular complexity index is 726. The van der Waals surface area contributed by atoms with E-state index in [1.807, 2.05) is 13.8 Å². The van der Waals surface area contributed by atoms with Crippen molar-refractivity contribution in [1.29, 1.82) is 0 Å². The average Bonchev–Trinajstić information content (AvgIpc) is 3.10. The van der Waals surface area contributed by atoms with Gasteiger partial charge in [-0.1, -0.05) is 6.07 Å². The Labute approximate surface area is 143 Å². The number of aryl methyl sites for hydroxylation is 1. The fourth-order valence-electron chi connectivity index (χ4n) is 3.24. The SMILES string of the molecule is Cc1ccc(S(=O)(=O)N2CCCC2)cc1C(=O)N1CCOC(C)C1. The van der Waals surface area contributed by atoms with Crippen LogP contribution >= 0.6 is 0 Å². The predicted octanol–water partition coefficient (Wildman–Crippen LogP) is 1.64. The van der Waals surface area contributed by atoms with Gasteiger partial charge in [-0.3, -0.25) is 4.79 Å². The lowest BCUT2D eigenvalue weighted by molar-refractivity contribution is -0.0124. The number of sulfonamides is 1. The maximum Gasteiger partial charge on any atom is 0.254 e. The summed E-state index contributed by atoms with van der Waals surface area (Å²) in [4.78, 5) is 14.8. The van der Waals surface area contributed by atoms with Crippen molar-refractivity contribution in [3.8, 4) is 0 Å². The van der Waals surface area contributed by atoms with E-state index in [1.54, 1.807) is 17.0 Å². The molecular weight excluding hydrogens is 328 g/mol. The first-order chi connectivity index (χ1) is 11.4. The van der Waals surface area contributed by atoms with Gasteiger partial charge in [-0.15, -0.1) is 0 Å². The van der Waals surface area contributed by atoms with Crippen LogP contribution in [0.25, 0.3) is 0 Å². The van der Waals surface area contributed by atoms with Crippen molar-refractivity contribution in [2.24, 2.45) is 0 Å². The Balaban J connectivity index is 1.90. The van der Waals surface area contributed by atoms with Crippen molar-refractivity contribution in [2.45, 2.75) is 37.7 Å². The second-order valence-electron chi connectivity index (χ2n) is 6.52. The lowest BCUT2D eigenvalue weighted by Crippen LogP contribution is -2.44. The minimum absolute atomic E-state index is 0.000443. The van der Waals surface area contributed by atoms with Gasteiger partial charge in [-0.25, -0.2) is 8.42 Å². The van der Waals surface area contributed by atoms with Gasteiger partial charge in [0.25, 0.3) is 5.91 Å². The zero-order chi connectivity index (χ0) is 17.3. The number of carbonyl (C=O) groups is 1. The molecule has 1 aromatic rings. The Morgan fingerprint density at radius 3 is 2.58 bits per heavy atom. The molecular formula is C17H24N2O4S. The smallest absolute Gasteiger partial charge is 0.254 e. The number of amides is 1. The molecule has 0 radical (unpaired) electrons. The van der Waals surface area contributed by atoms with Crippen LogP contribution in [0.2, 0.25) is 0 Å². The fourth-order valence-corrected chi connectivity index (χ4v) is 4.79. The van der Waals surface area contributed by atoms with E-state index < -0.39 is 10.0 Å². The van der Waals surface area contributed by atoms with E-state index in [-0.39, 0.29) is 16.9 Å². The summed E-state index contributed by atoms with van der Waals surface area (Å²) in [5.74, 6) is -0.124. The molecule has 1 unspecified atom stereocenters. The van der Waals surface area contributed by atoms with Gasteiger partial charge in [0.05, 0.1) is 17.6 Å². The highest BCUT2D eigenvalue weighted by atomic mass is 32.2. The molecule has 132 valence electrons. The van der Waals surface area contributed by atoms with E-state index >= 15 is 0 Å². The fraction of sp³-hybridized carbons (Fsp3) is 0.588. The van der Waals surface area contributed by atoms with Crippen LogP contribution in [0.1, 0.15) is 35.7 Å². The molecule has 6 nitrogen and oxygen atoms in total. The molecule has 2 heterocycles. The van der Waals surface area contributed by atoms with Gasteiger partial charge in [0, 0.05) is 31.7 Å². The third-order valence-electron chi connectivity index (χ3n) is 4.67. The number of benzene rings is 1. The average molecular weight is 352 g/mol. The number of carbonyl (C=O) groups excluding carboxylic acids is 1. The molecule has 0 bridgehead atoms. The summed E-state index contributed by atoms with van der Waals surface area (Å²) in [6, 6.07) is 4.85. The van der Waals surface area contributed by atoms with Crippen molar-refractivity contribution >= 4 is 15.9 Å². The molecule has 0 spiro atoms. The minimum Gasteiger partial charge on any atom is -0.375 e. The number of hydrogen-bond acceptors (Lipinski definition) is 4. The first-order valence-corrected chi connectivity index (χ1v) is 9.85. The summed E-state index contributed by atoms with van der Waals surface area (Å²) in [5.41, 5.74) is 1.25. The minimum atomic E-state index is -3.52. The van der Waals surface area contributed by atoms with Gasteiger partial charge in [0.1, 0.15) is 0 Å². The Hall–Kier alpha value is -1.44. The number of rotatable bonds is 3. The van der Waals surface area contributed by atoms with Crippen molar-refractivity contribution in [3.05, 3.63) is 29.3 Å². The Kier molecular flexibility index (Phi) is 4.94. The summed E-state index contributed by atoms with van der Waals surface area (Å²) >= 11 is 0. The predicted molar refractivity (Wildman–Crippen MR) is 90.5 cm³/mol. The molecule has 2 saturated heterocycles. The quantitative estimate of drug-likeness (QED) is 0.829. The Morgan fingerprint density at radius 1 is 1.21 bits per heavy atom. The van der Waals surface area contributed by atoms with Gasteiger partial charge in [0.2, 0.25) is 10.0 Å². The zero-order valence-corrected chi connectivity index (χ0v) is 15.0. The third-order valence-corrected chi connectivity index (χ3v) is 6.57. The van der Waals surface area contributed by atoms with E-state index in [1.165, 1.54) is 10.4 Å². The number of nitrogens with zero attached hydrogens (tertiary/aromatic N) is 2. The summed E-state index contributed by atoms with van der Waals surface area (Å²) in [5, 5.41) is 0. The molecule has 2 fully saturated rings. The summed E-state index contributed by atoms with van der Waals surface area (Å²) in [7, 11) is -3.52. The largest absolute Gasteiger partial charge is 0.375 e.